The molecule has 1 amide bonds. The maximum atomic E-state index is 13.0. The fraction of sp³-hybridized carbons (Fsp3) is 0.143. The van der Waals surface area contributed by atoms with Gasteiger partial charge in [0.2, 0.25) is 5.82 Å². The molecule has 146 valence electrons. The first-order chi connectivity index (χ1) is 14.0. The van der Waals surface area contributed by atoms with E-state index in [0.717, 1.165) is 17.0 Å². The van der Waals surface area contributed by atoms with Crippen LogP contribution in [-0.4, -0.2) is 25.5 Å². The van der Waals surface area contributed by atoms with E-state index in [1.165, 1.54) is 16.6 Å². The van der Waals surface area contributed by atoms with Crippen molar-refractivity contribution in [3.63, 3.8) is 0 Å². The summed E-state index contributed by atoms with van der Waals surface area (Å²) >= 11 is 0. The van der Waals surface area contributed by atoms with Crippen molar-refractivity contribution in [3.05, 3.63) is 83.2 Å². The summed E-state index contributed by atoms with van der Waals surface area (Å²) in [5, 5.41) is 6.99. The van der Waals surface area contributed by atoms with Crippen LogP contribution >= 0.6 is 0 Å². The van der Waals surface area contributed by atoms with Crippen molar-refractivity contribution in [2.24, 2.45) is 0 Å². The molecule has 0 aliphatic rings. The van der Waals surface area contributed by atoms with E-state index >= 15 is 0 Å². The molecule has 8 heteroatoms. The van der Waals surface area contributed by atoms with E-state index in [1.54, 1.807) is 36.4 Å². The van der Waals surface area contributed by atoms with E-state index in [9.17, 15) is 9.18 Å². The van der Waals surface area contributed by atoms with E-state index in [1.807, 2.05) is 19.9 Å². The lowest BCUT2D eigenvalue weighted by Gasteiger charge is -2.08. The summed E-state index contributed by atoms with van der Waals surface area (Å²) in [6.45, 7) is 4.02. The average Bonchev–Trinajstić information content (AvgIpc) is 3.12. The number of halogens is 1. The lowest BCUT2D eigenvalue weighted by molar-refractivity contribution is 0.101. The van der Waals surface area contributed by atoms with Gasteiger partial charge in [-0.15, -0.1) is 5.10 Å². The topological polar surface area (TPSA) is 81.4 Å². The third-order valence-corrected chi connectivity index (χ3v) is 4.23. The highest BCUT2D eigenvalue weighted by atomic mass is 19.1. The van der Waals surface area contributed by atoms with Crippen LogP contribution < -0.4 is 10.1 Å². The Kier molecular flexibility index (Phi) is 4.90. The maximum Gasteiger partial charge on any atom is 0.295 e. The molecule has 0 radical (unpaired) electrons. The lowest BCUT2D eigenvalue weighted by atomic mass is 10.2. The van der Waals surface area contributed by atoms with Crippen LogP contribution in [0.5, 0.6) is 5.75 Å². The smallest absolute Gasteiger partial charge is 0.295 e. The Morgan fingerprint density at radius 2 is 1.90 bits per heavy atom. The number of benzene rings is 2. The predicted octanol–water partition coefficient (Wildman–Crippen LogP) is 3.71. The van der Waals surface area contributed by atoms with Crippen molar-refractivity contribution < 1.29 is 13.9 Å². The summed E-state index contributed by atoms with van der Waals surface area (Å²) in [5.41, 5.74) is 3.04. The molecule has 2 heterocycles. The van der Waals surface area contributed by atoms with Crippen molar-refractivity contribution in [3.8, 4) is 5.75 Å². The number of hydrogen-bond donors (Lipinski definition) is 1. The lowest BCUT2D eigenvalue weighted by Crippen LogP contribution is -2.14. The minimum atomic E-state index is -0.441. The van der Waals surface area contributed by atoms with Crippen LogP contribution in [0.2, 0.25) is 0 Å². The summed E-state index contributed by atoms with van der Waals surface area (Å²) in [6.07, 6.45) is 0. The first-order valence-electron chi connectivity index (χ1n) is 8.97. The number of carbonyl (C=O) groups excluding carboxylic acids is 1. The molecule has 0 aliphatic carbocycles. The standard InChI is InChI=1S/C21H18FN5O2/c1-13-10-14(2)27-21(23-13)25-19(26-27)20(28)24-17-4-3-5-18(11-17)29-12-15-6-8-16(22)9-7-15/h3-11H,12H2,1-2H3,(H,24,28). The molecule has 4 aromatic rings. The van der Waals surface area contributed by atoms with E-state index in [4.69, 9.17) is 4.74 Å². The van der Waals surface area contributed by atoms with Gasteiger partial charge in [0, 0.05) is 23.1 Å². The summed E-state index contributed by atoms with van der Waals surface area (Å²) < 4.78 is 20.2. The summed E-state index contributed by atoms with van der Waals surface area (Å²) in [7, 11) is 0. The van der Waals surface area contributed by atoms with Crippen molar-refractivity contribution >= 4 is 17.4 Å². The molecule has 7 nitrogen and oxygen atoms in total. The summed E-state index contributed by atoms with van der Waals surface area (Å²) in [4.78, 5) is 21.0. The Labute approximate surface area is 166 Å². The number of aromatic nitrogens is 4. The quantitative estimate of drug-likeness (QED) is 0.561. The molecule has 2 aromatic carbocycles. The Hall–Kier alpha value is -3.81. The molecule has 2 aromatic heterocycles. The van der Waals surface area contributed by atoms with Gasteiger partial charge in [-0.05, 0) is 49.7 Å². The number of amides is 1. The van der Waals surface area contributed by atoms with Crippen molar-refractivity contribution in [1.82, 2.24) is 19.6 Å². The maximum absolute atomic E-state index is 13.0. The van der Waals surface area contributed by atoms with Gasteiger partial charge < -0.3 is 10.1 Å². The number of nitrogens with one attached hydrogen (secondary N) is 1. The van der Waals surface area contributed by atoms with Gasteiger partial charge in [0.15, 0.2) is 0 Å². The zero-order valence-electron chi connectivity index (χ0n) is 15.9. The molecule has 0 unspecified atom stereocenters. The van der Waals surface area contributed by atoms with Gasteiger partial charge >= 0.3 is 0 Å². The van der Waals surface area contributed by atoms with Gasteiger partial charge in [0.25, 0.3) is 11.7 Å². The molecular weight excluding hydrogens is 373 g/mol. The van der Waals surface area contributed by atoms with Crippen LogP contribution in [0.25, 0.3) is 5.78 Å². The fourth-order valence-electron chi connectivity index (χ4n) is 2.86. The summed E-state index contributed by atoms with van der Waals surface area (Å²) in [5.74, 6) is 0.249. The number of fused-ring (bicyclic) bond motifs is 1. The summed E-state index contributed by atoms with van der Waals surface area (Å²) in [6, 6.07) is 14.9. The Morgan fingerprint density at radius 3 is 2.69 bits per heavy atom. The van der Waals surface area contributed by atoms with E-state index in [0.29, 0.717) is 17.2 Å². The van der Waals surface area contributed by atoms with Crippen LogP contribution in [0.3, 0.4) is 0 Å². The number of carbonyl (C=O) groups is 1. The predicted molar refractivity (Wildman–Crippen MR) is 105 cm³/mol. The van der Waals surface area contributed by atoms with E-state index < -0.39 is 5.91 Å². The number of hydrogen-bond acceptors (Lipinski definition) is 5. The van der Waals surface area contributed by atoms with Gasteiger partial charge in [-0.25, -0.2) is 13.9 Å². The molecule has 0 bridgehead atoms. The Bertz CT molecular complexity index is 1190. The third-order valence-electron chi connectivity index (χ3n) is 4.23. The number of nitrogens with zero attached hydrogens (tertiary/aromatic N) is 4. The molecule has 0 aliphatic heterocycles. The van der Waals surface area contributed by atoms with Crippen LogP contribution in [-0.2, 0) is 6.61 Å². The second kappa shape index (κ2) is 7.67. The zero-order valence-corrected chi connectivity index (χ0v) is 15.9. The fourth-order valence-corrected chi connectivity index (χ4v) is 2.86. The first-order valence-corrected chi connectivity index (χ1v) is 8.97. The molecule has 0 saturated heterocycles. The SMILES string of the molecule is Cc1cc(C)n2nc(C(=O)Nc3cccc(OCc4ccc(F)cc4)c3)nc2n1. The number of anilines is 1. The molecular formula is C21H18FN5O2. The number of ether oxygens (including phenoxy) is 1. The van der Waals surface area contributed by atoms with Crippen molar-refractivity contribution in [2.75, 3.05) is 5.32 Å². The molecule has 0 spiro atoms. The minimum absolute atomic E-state index is 0.0313. The van der Waals surface area contributed by atoms with Gasteiger partial charge in [-0.3, -0.25) is 4.79 Å². The molecule has 0 fully saturated rings. The molecule has 0 saturated carbocycles. The number of aryl methyl sites for hydroxylation is 2. The zero-order chi connectivity index (χ0) is 20.4. The highest BCUT2D eigenvalue weighted by molar-refractivity contribution is 6.01. The van der Waals surface area contributed by atoms with Crippen LogP contribution in [0, 0.1) is 19.7 Å². The highest BCUT2D eigenvalue weighted by Gasteiger charge is 2.15. The van der Waals surface area contributed by atoms with Gasteiger partial charge in [-0.1, -0.05) is 18.2 Å². The Morgan fingerprint density at radius 1 is 1.10 bits per heavy atom. The van der Waals surface area contributed by atoms with Crippen LogP contribution in [0.1, 0.15) is 27.6 Å². The van der Waals surface area contributed by atoms with E-state index in [-0.39, 0.29) is 18.2 Å². The highest BCUT2D eigenvalue weighted by Crippen LogP contribution is 2.19. The molecule has 0 atom stereocenters. The second-order valence-corrected chi connectivity index (χ2v) is 6.58. The van der Waals surface area contributed by atoms with Crippen LogP contribution in [0.15, 0.2) is 54.6 Å². The van der Waals surface area contributed by atoms with Crippen LogP contribution in [0.4, 0.5) is 10.1 Å². The average molecular weight is 391 g/mol. The molecule has 4 rings (SSSR count). The molecule has 29 heavy (non-hydrogen) atoms. The van der Waals surface area contributed by atoms with Crippen molar-refractivity contribution in [2.45, 2.75) is 20.5 Å². The third kappa shape index (κ3) is 4.21. The largest absolute Gasteiger partial charge is 0.489 e. The monoisotopic (exact) mass is 391 g/mol. The van der Waals surface area contributed by atoms with Gasteiger partial charge in [0.1, 0.15) is 18.2 Å². The minimum Gasteiger partial charge on any atom is -0.489 e. The second-order valence-electron chi connectivity index (χ2n) is 6.58. The van der Waals surface area contributed by atoms with Gasteiger partial charge in [-0.2, -0.15) is 4.98 Å². The Balaban J connectivity index is 1.46. The normalized spacial score (nSPS) is 10.9. The van der Waals surface area contributed by atoms with E-state index in [2.05, 4.69) is 20.4 Å². The van der Waals surface area contributed by atoms with Gasteiger partial charge in [0.05, 0.1) is 0 Å². The first kappa shape index (κ1) is 18.5. The van der Waals surface area contributed by atoms with Crippen molar-refractivity contribution in [1.29, 1.82) is 0 Å². The molecule has 1 N–H and O–H groups in total. The number of rotatable bonds is 5.